The number of thiazole rings is 1. The van der Waals surface area contributed by atoms with Crippen molar-refractivity contribution in [2.45, 2.75) is 12.8 Å². The molecule has 0 spiro atoms. The summed E-state index contributed by atoms with van der Waals surface area (Å²) in [6.45, 7) is 2.78. The number of carbonyl (C=O) groups excluding carboxylic acids is 1. The van der Waals surface area contributed by atoms with Crippen molar-refractivity contribution in [2.75, 3.05) is 17.6 Å². The van der Waals surface area contributed by atoms with Gasteiger partial charge in [0, 0.05) is 29.6 Å². The van der Waals surface area contributed by atoms with Crippen molar-refractivity contribution in [3.8, 4) is 0 Å². The van der Waals surface area contributed by atoms with Gasteiger partial charge in [0.05, 0.1) is 16.4 Å². The number of nitrogen functional groups attached to an aromatic ring is 1. The van der Waals surface area contributed by atoms with Gasteiger partial charge in [-0.3, -0.25) is 4.79 Å². The van der Waals surface area contributed by atoms with Crippen LogP contribution in [0, 0.1) is 0 Å². The third kappa shape index (κ3) is 3.23. The molecule has 0 fully saturated rings. The molecular formula is C13H16N4OS. The molecule has 1 aromatic carbocycles. The SMILES string of the molecule is CC(CNc1cc(C(N)=O)ccc1N)c1nccs1. The van der Waals surface area contributed by atoms with Crippen LogP contribution in [0.5, 0.6) is 0 Å². The molecule has 1 heterocycles. The first-order valence-electron chi connectivity index (χ1n) is 5.90. The Kier molecular flexibility index (Phi) is 4.01. The van der Waals surface area contributed by atoms with Gasteiger partial charge in [-0.1, -0.05) is 6.92 Å². The van der Waals surface area contributed by atoms with Crippen LogP contribution in [-0.4, -0.2) is 17.4 Å². The van der Waals surface area contributed by atoms with Crippen LogP contribution >= 0.6 is 11.3 Å². The van der Waals surface area contributed by atoms with E-state index in [0.717, 1.165) is 10.7 Å². The normalized spacial score (nSPS) is 12.1. The van der Waals surface area contributed by atoms with Crippen LogP contribution in [0.25, 0.3) is 0 Å². The molecule has 1 aromatic heterocycles. The molecule has 0 saturated heterocycles. The molecule has 1 atom stereocenters. The Morgan fingerprint density at radius 1 is 1.53 bits per heavy atom. The topological polar surface area (TPSA) is 94.0 Å². The fourth-order valence-electron chi connectivity index (χ4n) is 1.69. The van der Waals surface area contributed by atoms with Crippen molar-refractivity contribution in [2.24, 2.45) is 5.73 Å². The highest BCUT2D eigenvalue weighted by molar-refractivity contribution is 7.09. The second-order valence-electron chi connectivity index (χ2n) is 4.32. The van der Waals surface area contributed by atoms with Gasteiger partial charge in [0.25, 0.3) is 0 Å². The van der Waals surface area contributed by atoms with E-state index in [1.54, 1.807) is 35.7 Å². The Morgan fingerprint density at radius 3 is 2.95 bits per heavy atom. The maximum Gasteiger partial charge on any atom is 0.248 e. The summed E-state index contributed by atoms with van der Waals surface area (Å²) < 4.78 is 0. The Balaban J connectivity index is 2.06. The Hall–Kier alpha value is -2.08. The van der Waals surface area contributed by atoms with E-state index in [9.17, 15) is 4.79 Å². The minimum absolute atomic E-state index is 0.275. The summed E-state index contributed by atoms with van der Waals surface area (Å²) in [4.78, 5) is 15.4. The Labute approximate surface area is 115 Å². The first-order chi connectivity index (χ1) is 9.08. The maximum atomic E-state index is 11.1. The molecule has 0 saturated carbocycles. The molecule has 5 nitrogen and oxygen atoms in total. The van der Waals surface area contributed by atoms with Crippen molar-refractivity contribution < 1.29 is 4.79 Å². The summed E-state index contributed by atoms with van der Waals surface area (Å²) in [5, 5.41) is 6.25. The number of amides is 1. The van der Waals surface area contributed by atoms with Gasteiger partial charge in [-0.25, -0.2) is 4.98 Å². The highest BCUT2D eigenvalue weighted by Gasteiger charge is 2.10. The van der Waals surface area contributed by atoms with E-state index in [2.05, 4.69) is 17.2 Å². The molecule has 1 unspecified atom stereocenters. The lowest BCUT2D eigenvalue weighted by atomic mass is 10.1. The van der Waals surface area contributed by atoms with E-state index < -0.39 is 5.91 Å². The molecule has 0 aliphatic carbocycles. The van der Waals surface area contributed by atoms with Crippen LogP contribution in [0.2, 0.25) is 0 Å². The lowest BCUT2D eigenvalue weighted by Gasteiger charge is -2.13. The summed E-state index contributed by atoms with van der Waals surface area (Å²) in [5.41, 5.74) is 12.9. The number of hydrogen-bond donors (Lipinski definition) is 3. The zero-order valence-corrected chi connectivity index (χ0v) is 11.4. The number of nitrogens with one attached hydrogen (secondary N) is 1. The van der Waals surface area contributed by atoms with Crippen LogP contribution in [-0.2, 0) is 0 Å². The van der Waals surface area contributed by atoms with Gasteiger partial charge in [-0.2, -0.15) is 0 Å². The first kappa shape index (κ1) is 13.4. The van der Waals surface area contributed by atoms with Gasteiger partial charge in [0.1, 0.15) is 0 Å². The Morgan fingerprint density at radius 2 is 2.32 bits per heavy atom. The second kappa shape index (κ2) is 5.71. The number of rotatable bonds is 5. The van der Waals surface area contributed by atoms with Gasteiger partial charge in [0.15, 0.2) is 0 Å². The average molecular weight is 276 g/mol. The molecular weight excluding hydrogens is 260 g/mol. The molecule has 0 bridgehead atoms. The number of benzene rings is 1. The minimum Gasteiger partial charge on any atom is -0.397 e. The highest BCUT2D eigenvalue weighted by atomic mass is 32.1. The lowest BCUT2D eigenvalue weighted by Crippen LogP contribution is -2.14. The summed E-state index contributed by atoms with van der Waals surface area (Å²) >= 11 is 1.62. The predicted octanol–water partition coefficient (Wildman–Crippen LogP) is 2.04. The molecule has 0 radical (unpaired) electrons. The summed E-state index contributed by atoms with van der Waals surface area (Å²) in [6, 6.07) is 4.97. The Bertz CT molecular complexity index is 568. The van der Waals surface area contributed by atoms with Crippen LogP contribution in [0.3, 0.4) is 0 Å². The summed E-state index contributed by atoms with van der Waals surface area (Å²) in [7, 11) is 0. The molecule has 5 N–H and O–H groups in total. The van der Waals surface area contributed by atoms with Crippen LogP contribution in [0.1, 0.15) is 28.2 Å². The lowest BCUT2D eigenvalue weighted by molar-refractivity contribution is 0.100. The smallest absolute Gasteiger partial charge is 0.248 e. The van der Waals surface area contributed by atoms with Crippen LogP contribution in [0.4, 0.5) is 11.4 Å². The second-order valence-corrected chi connectivity index (χ2v) is 5.24. The molecule has 19 heavy (non-hydrogen) atoms. The molecule has 1 amide bonds. The van der Waals surface area contributed by atoms with Crippen molar-refractivity contribution in [1.29, 1.82) is 0 Å². The fraction of sp³-hybridized carbons (Fsp3) is 0.231. The monoisotopic (exact) mass is 276 g/mol. The summed E-state index contributed by atoms with van der Waals surface area (Å²) in [5.74, 6) is -0.187. The molecule has 2 aromatic rings. The largest absolute Gasteiger partial charge is 0.397 e. The van der Waals surface area contributed by atoms with Crippen molar-refractivity contribution >= 4 is 28.6 Å². The van der Waals surface area contributed by atoms with Gasteiger partial charge >= 0.3 is 0 Å². The zero-order valence-electron chi connectivity index (χ0n) is 10.6. The van der Waals surface area contributed by atoms with Crippen LogP contribution < -0.4 is 16.8 Å². The first-order valence-corrected chi connectivity index (χ1v) is 6.78. The molecule has 6 heteroatoms. The average Bonchev–Trinajstić information content (AvgIpc) is 2.91. The number of aromatic nitrogens is 1. The number of anilines is 2. The van der Waals surface area contributed by atoms with E-state index in [1.807, 2.05) is 5.38 Å². The number of carbonyl (C=O) groups is 1. The van der Waals surface area contributed by atoms with Crippen molar-refractivity contribution in [3.05, 3.63) is 40.3 Å². The van der Waals surface area contributed by atoms with Crippen LogP contribution in [0.15, 0.2) is 29.8 Å². The van der Waals surface area contributed by atoms with E-state index in [-0.39, 0.29) is 5.92 Å². The third-order valence-corrected chi connectivity index (χ3v) is 3.82. The quantitative estimate of drug-likeness (QED) is 0.728. The van der Waals surface area contributed by atoms with Crippen molar-refractivity contribution in [3.63, 3.8) is 0 Å². The molecule has 0 aliphatic heterocycles. The van der Waals surface area contributed by atoms with E-state index in [4.69, 9.17) is 11.5 Å². The predicted molar refractivity (Wildman–Crippen MR) is 78.4 cm³/mol. The van der Waals surface area contributed by atoms with E-state index in [1.165, 1.54) is 0 Å². The van der Waals surface area contributed by atoms with Gasteiger partial charge in [-0.15, -0.1) is 11.3 Å². The molecule has 0 aliphatic rings. The van der Waals surface area contributed by atoms with E-state index in [0.29, 0.717) is 17.8 Å². The van der Waals surface area contributed by atoms with Gasteiger partial charge < -0.3 is 16.8 Å². The fourth-order valence-corrected chi connectivity index (χ4v) is 2.39. The molecule has 2 rings (SSSR count). The number of hydrogen-bond acceptors (Lipinski definition) is 5. The number of nitrogens with zero attached hydrogens (tertiary/aromatic N) is 1. The van der Waals surface area contributed by atoms with Crippen molar-refractivity contribution in [1.82, 2.24) is 4.98 Å². The van der Waals surface area contributed by atoms with Gasteiger partial charge in [0.2, 0.25) is 5.91 Å². The molecule has 100 valence electrons. The summed E-state index contributed by atoms with van der Waals surface area (Å²) in [6.07, 6.45) is 1.79. The third-order valence-electron chi connectivity index (χ3n) is 2.81. The zero-order chi connectivity index (χ0) is 13.8. The highest BCUT2D eigenvalue weighted by Crippen LogP contribution is 2.23. The number of nitrogens with two attached hydrogens (primary N) is 2. The maximum absolute atomic E-state index is 11.1. The minimum atomic E-state index is -0.462. The standard InChI is InChI=1S/C13H16N4OS/c1-8(13-16-4-5-19-13)7-17-11-6-9(12(15)18)2-3-10(11)14/h2-6,8,17H,7,14H2,1H3,(H2,15,18). The van der Waals surface area contributed by atoms with Gasteiger partial charge in [-0.05, 0) is 18.2 Å². The number of primary amides is 1. The van der Waals surface area contributed by atoms with E-state index >= 15 is 0 Å².